The molecule has 0 bridgehead atoms. The van der Waals surface area contributed by atoms with E-state index in [1.165, 1.54) is 7.05 Å². The minimum absolute atomic E-state index is 0.0445. The lowest BCUT2D eigenvalue weighted by atomic mass is 10.0. The fourth-order valence-electron chi connectivity index (χ4n) is 1.41. The third-order valence-corrected chi connectivity index (χ3v) is 2.84. The highest BCUT2D eigenvalue weighted by Gasteiger charge is 2.28. The van der Waals surface area contributed by atoms with E-state index in [4.69, 9.17) is 16.5 Å². The molecule has 104 valence electrons. The Balaban J connectivity index is 2.69. The first-order valence-corrected chi connectivity index (χ1v) is 6.25. The van der Waals surface area contributed by atoms with Crippen LogP contribution in [0.1, 0.15) is 13.8 Å². The van der Waals surface area contributed by atoms with Crippen LogP contribution in [0.3, 0.4) is 0 Å². The molecule has 1 N–H and O–H groups in total. The van der Waals surface area contributed by atoms with E-state index in [-0.39, 0.29) is 5.92 Å². The van der Waals surface area contributed by atoms with Gasteiger partial charge in [-0.05, 0) is 29.8 Å². The quantitative estimate of drug-likeness (QED) is 0.863. The Bertz CT molecular complexity index is 437. The second-order valence-electron chi connectivity index (χ2n) is 4.41. The maximum absolute atomic E-state index is 12.0. The Labute approximate surface area is 117 Å². The molecule has 0 saturated carbocycles. The summed E-state index contributed by atoms with van der Waals surface area (Å²) in [5.41, 5.74) is 0. The Morgan fingerprint density at radius 1 is 1.26 bits per heavy atom. The number of para-hydroxylation sites is 1. The van der Waals surface area contributed by atoms with E-state index in [1.807, 2.05) is 13.8 Å². The van der Waals surface area contributed by atoms with Crippen molar-refractivity contribution < 1.29 is 14.3 Å². The van der Waals surface area contributed by atoms with Gasteiger partial charge in [0.2, 0.25) is 5.91 Å². The van der Waals surface area contributed by atoms with Gasteiger partial charge < -0.3 is 4.74 Å². The van der Waals surface area contributed by atoms with Crippen molar-refractivity contribution in [1.29, 1.82) is 0 Å². The number of imide groups is 1. The molecule has 6 heteroatoms. The fourth-order valence-corrected chi connectivity index (χ4v) is 1.76. The predicted octanol–water partition coefficient (Wildman–Crippen LogP) is 2.41. The number of nitrogens with one attached hydrogen (secondary N) is 1. The molecule has 2 amide bonds. The van der Waals surface area contributed by atoms with E-state index in [0.717, 1.165) is 4.90 Å². The van der Waals surface area contributed by atoms with Crippen LogP contribution in [0.15, 0.2) is 30.3 Å². The van der Waals surface area contributed by atoms with Crippen molar-refractivity contribution in [2.75, 3.05) is 7.05 Å². The van der Waals surface area contributed by atoms with Crippen molar-refractivity contribution in [3.63, 3.8) is 0 Å². The summed E-state index contributed by atoms with van der Waals surface area (Å²) in [7, 11) is 1.36. The highest BCUT2D eigenvalue weighted by molar-refractivity contribution is 6.15. The second kappa shape index (κ2) is 7.11. The number of rotatable bonds is 4. The topological polar surface area (TPSA) is 58.6 Å². The number of hydrogen-bond donors (Lipinski definition) is 1. The average Bonchev–Trinajstić information content (AvgIpc) is 2.39. The van der Waals surface area contributed by atoms with Gasteiger partial charge in [-0.1, -0.05) is 32.0 Å². The van der Waals surface area contributed by atoms with E-state index >= 15 is 0 Å². The third kappa shape index (κ3) is 4.22. The summed E-state index contributed by atoms with van der Waals surface area (Å²) in [6.07, 6.45) is -0.742. The van der Waals surface area contributed by atoms with Crippen LogP contribution in [0.4, 0.5) is 4.79 Å². The van der Waals surface area contributed by atoms with Gasteiger partial charge in [0.05, 0.1) is 0 Å². The predicted molar refractivity (Wildman–Crippen MR) is 72.9 cm³/mol. The Kier molecular flexibility index (Phi) is 5.79. The molecule has 0 radical (unpaired) electrons. The number of carbonyl (C=O) groups is 2. The first-order chi connectivity index (χ1) is 8.97. The zero-order chi connectivity index (χ0) is 14.4. The van der Waals surface area contributed by atoms with Gasteiger partial charge >= 0.3 is 6.09 Å². The summed E-state index contributed by atoms with van der Waals surface area (Å²) in [6, 6.07) is 7.91. The standard InChI is InChI=1S/C13H17ClN2O3/c1-9(2)11(15-14)12(17)16(3)13(18)19-10-7-5-4-6-8-10/h4-9,11,15H,1-3H3/t11-/m0/s1. The molecule has 0 aliphatic carbocycles. The smallest absolute Gasteiger partial charge is 0.410 e. The van der Waals surface area contributed by atoms with Crippen LogP contribution in [0.2, 0.25) is 0 Å². The summed E-state index contributed by atoms with van der Waals surface area (Å²) in [6.45, 7) is 3.66. The molecule has 0 fully saturated rings. The Hall–Kier alpha value is -1.59. The third-order valence-electron chi connectivity index (χ3n) is 2.60. The van der Waals surface area contributed by atoms with Gasteiger partial charge in [-0.25, -0.2) is 14.5 Å². The summed E-state index contributed by atoms with van der Waals surface area (Å²) in [4.78, 5) is 27.1. The van der Waals surface area contributed by atoms with Crippen molar-refractivity contribution in [3.8, 4) is 5.75 Å². The van der Waals surface area contributed by atoms with Crippen LogP contribution in [-0.2, 0) is 4.79 Å². The fraction of sp³-hybridized carbons (Fsp3) is 0.385. The number of halogens is 1. The van der Waals surface area contributed by atoms with E-state index in [2.05, 4.69) is 4.84 Å². The van der Waals surface area contributed by atoms with Crippen molar-refractivity contribution in [2.24, 2.45) is 5.92 Å². The molecule has 0 aliphatic rings. The summed E-state index contributed by atoms with van der Waals surface area (Å²) >= 11 is 5.52. The monoisotopic (exact) mass is 284 g/mol. The molecule has 0 unspecified atom stereocenters. The van der Waals surface area contributed by atoms with Crippen LogP contribution in [0.25, 0.3) is 0 Å². The number of amides is 2. The van der Waals surface area contributed by atoms with Crippen LogP contribution >= 0.6 is 11.8 Å². The molecule has 0 spiro atoms. The molecular formula is C13H17ClN2O3. The Morgan fingerprint density at radius 3 is 2.32 bits per heavy atom. The number of benzene rings is 1. The van der Waals surface area contributed by atoms with Crippen LogP contribution in [-0.4, -0.2) is 30.0 Å². The number of ether oxygens (including phenoxy) is 1. The van der Waals surface area contributed by atoms with Crippen molar-refractivity contribution in [1.82, 2.24) is 9.74 Å². The molecule has 19 heavy (non-hydrogen) atoms. The molecule has 0 heterocycles. The molecular weight excluding hydrogens is 268 g/mol. The second-order valence-corrected chi connectivity index (χ2v) is 4.63. The molecule has 0 aromatic heterocycles. The number of likely N-dealkylation sites (N-methyl/N-ethyl adjacent to an activating group) is 1. The molecule has 5 nitrogen and oxygen atoms in total. The first kappa shape index (κ1) is 15.5. The van der Waals surface area contributed by atoms with Gasteiger partial charge in [-0.15, -0.1) is 0 Å². The molecule has 1 rings (SSSR count). The lowest BCUT2D eigenvalue weighted by Gasteiger charge is -2.23. The van der Waals surface area contributed by atoms with Gasteiger partial charge in [-0.3, -0.25) is 4.79 Å². The molecule has 0 aliphatic heterocycles. The highest BCUT2D eigenvalue weighted by Crippen LogP contribution is 2.11. The van der Waals surface area contributed by atoms with E-state index in [1.54, 1.807) is 30.3 Å². The van der Waals surface area contributed by atoms with E-state index in [0.29, 0.717) is 5.75 Å². The minimum atomic E-state index is -0.742. The van der Waals surface area contributed by atoms with Crippen molar-refractivity contribution in [2.45, 2.75) is 19.9 Å². The maximum atomic E-state index is 12.0. The average molecular weight is 285 g/mol. The van der Waals surface area contributed by atoms with E-state index in [9.17, 15) is 9.59 Å². The summed E-state index contributed by atoms with van der Waals surface area (Å²) in [5, 5.41) is 0. The highest BCUT2D eigenvalue weighted by atomic mass is 35.5. The number of carbonyl (C=O) groups excluding carboxylic acids is 2. The van der Waals surface area contributed by atoms with Gasteiger partial charge in [0.1, 0.15) is 11.8 Å². The van der Waals surface area contributed by atoms with Crippen molar-refractivity contribution >= 4 is 23.8 Å². The first-order valence-electron chi connectivity index (χ1n) is 5.88. The normalized spacial score (nSPS) is 12.1. The van der Waals surface area contributed by atoms with Gasteiger partial charge in [0.15, 0.2) is 0 Å². The largest absolute Gasteiger partial charge is 0.421 e. The summed E-state index contributed by atoms with van der Waals surface area (Å²) in [5.74, 6) is -0.102. The zero-order valence-electron chi connectivity index (χ0n) is 11.1. The van der Waals surface area contributed by atoms with Crippen LogP contribution in [0.5, 0.6) is 5.75 Å². The number of hydrogen-bond acceptors (Lipinski definition) is 4. The zero-order valence-corrected chi connectivity index (χ0v) is 11.8. The van der Waals surface area contributed by atoms with Crippen molar-refractivity contribution in [3.05, 3.63) is 30.3 Å². The number of nitrogens with zero attached hydrogens (tertiary/aromatic N) is 1. The van der Waals surface area contributed by atoms with Crippen LogP contribution < -0.4 is 9.57 Å². The summed E-state index contributed by atoms with van der Waals surface area (Å²) < 4.78 is 5.07. The molecule has 0 saturated heterocycles. The lowest BCUT2D eigenvalue weighted by molar-refractivity contribution is -0.130. The van der Waals surface area contributed by atoms with Crippen LogP contribution in [0, 0.1) is 5.92 Å². The van der Waals surface area contributed by atoms with E-state index < -0.39 is 18.0 Å². The Morgan fingerprint density at radius 2 is 1.84 bits per heavy atom. The van der Waals surface area contributed by atoms with Gasteiger partial charge in [-0.2, -0.15) is 0 Å². The molecule has 1 atom stereocenters. The molecule has 1 aromatic rings. The van der Waals surface area contributed by atoms with Gasteiger partial charge in [0.25, 0.3) is 0 Å². The maximum Gasteiger partial charge on any atom is 0.421 e. The van der Waals surface area contributed by atoms with Gasteiger partial charge in [0, 0.05) is 7.05 Å². The lowest BCUT2D eigenvalue weighted by Crippen LogP contribution is -2.48. The SMILES string of the molecule is CC(C)[C@H](NCl)C(=O)N(C)C(=O)Oc1ccccc1. The minimum Gasteiger partial charge on any atom is -0.410 e. The molecule has 1 aromatic carbocycles.